The maximum Gasteiger partial charge on any atom is 0.319 e. The first-order chi connectivity index (χ1) is 18.5. The van der Waals surface area contributed by atoms with E-state index in [2.05, 4.69) is 37.1 Å². The van der Waals surface area contributed by atoms with Gasteiger partial charge in [0.1, 0.15) is 11.6 Å². The van der Waals surface area contributed by atoms with E-state index in [0.29, 0.717) is 18.1 Å². The lowest BCUT2D eigenvalue weighted by Gasteiger charge is -2.34. The van der Waals surface area contributed by atoms with E-state index >= 15 is 0 Å². The number of anilines is 1. The molecule has 2 aliphatic heterocycles. The standard InChI is InChI=1S/C31H37N5O2/c1-4-6-9-19(3)38-31-34-29-24(5-2)28(26-15-23(37)14-20-10-7-8-11-25(20)26)32-16-27(29)30(35-31)36-17-21-12-13-22(18-36)33-21/h7-8,10-11,14-16,19,21-22,33,37H,4-6,9,12-13,17-18H2,1-3H3. The molecule has 2 aliphatic rings. The molecule has 2 aromatic carbocycles. The van der Waals surface area contributed by atoms with Crippen LogP contribution in [0.25, 0.3) is 32.9 Å². The molecule has 38 heavy (non-hydrogen) atoms. The Morgan fingerprint density at radius 2 is 1.87 bits per heavy atom. The minimum absolute atomic E-state index is 0.0425. The van der Waals surface area contributed by atoms with Crippen molar-refractivity contribution in [3.05, 3.63) is 48.2 Å². The number of phenols is 1. The zero-order valence-corrected chi connectivity index (χ0v) is 22.6. The van der Waals surface area contributed by atoms with E-state index in [1.165, 1.54) is 12.8 Å². The highest BCUT2D eigenvalue weighted by molar-refractivity contribution is 6.01. The normalized spacial score (nSPS) is 19.8. The van der Waals surface area contributed by atoms with E-state index in [4.69, 9.17) is 19.7 Å². The third-order valence-electron chi connectivity index (χ3n) is 8.04. The first-order valence-electron chi connectivity index (χ1n) is 14.1. The van der Waals surface area contributed by atoms with Crippen molar-refractivity contribution in [2.45, 2.75) is 77.5 Å². The summed E-state index contributed by atoms with van der Waals surface area (Å²) in [7, 11) is 0. The Balaban J connectivity index is 1.53. The molecular weight excluding hydrogens is 474 g/mol. The summed E-state index contributed by atoms with van der Waals surface area (Å²) in [5.74, 6) is 1.15. The van der Waals surface area contributed by atoms with Crippen molar-refractivity contribution in [2.75, 3.05) is 18.0 Å². The highest BCUT2D eigenvalue weighted by atomic mass is 16.5. The number of aromatic hydroxyl groups is 1. The number of nitrogens with zero attached hydrogens (tertiary/aromatic N) is 4. The second-order valence-electron chi connectivity index (χ2n) is 10.9. The van der Waals surface area contributed by atoms with Crippen molar-refractivity contribution in [2.24, 2.45) is 0 Å². The number of hydrogen-bond acceptors (Lipinski definition) is 7. The third kappa shape index (κ3) is 4.64. The highest BCUT2D eigenvalue weighted by Crippen LogP contribution is 2.38. The maximum absolute atomic E-state index is 10.5. The molecule has 3 atom stereocenters. The summed E-state index contributed by atoms with van der Waals surface area (Å²) in [5.41, 5.74) is 3.70. The Morgan fingerprint density at radius 3 is 2.63 bits per heavy atom. The summed E-state index contributed by atoms with van der Waals surface area (Å²) in [5, 5.41) is 17.3. The molecule has 4 heterocycles. The number of hydrogen-bond donors (Lipinski definition) is 2. The number of benzene rings is 2. The van der Waals surface area contributed by atoms with E-state index in [-0.39, 0.29) is 11.9 Å². The number of nitrogens with one attached hydrogen (secondary N) is 1. The molecule has 7 heteroatoms. The quantitative estimate of drug-likeness (QED) is 0.300. The number of pyridine rings is 1. The van der Waals surface area contributed by atoms with Gasteiger partial charge in [0.05, 0.1) is 22.7 Å². The zero-order valence-electron chi connectivity index (χ0n) is 22.6. The number of rotatable bonds is 8. The molecule has 2 aromatic heterocycles. The Bertz CT molecular complexity index is 1460. The molecule has 6 rings (SSSR count). The largest absolute Gasteiger partial charge is 0.508 e. The van der Waals surface area contributed by atoms with Crippen LogP contribution < -0.4 is 15.0 Å². The second-order valence-corrected chi connectivity index (χ2v) is 10.9. The van der Waals surface area contributed by atoms with Crippen LogP contribution in [0, 0.1) is 0 Å². The molecule has 198 valence electrons. The SMILES string of the molecule is CCCCC(C)Oc1nc(N2CC3CCC(C2)N3)c2cnc(-c3cc(O)cc4ccccc34)c(CC)c2n1. The van der Waals surface area contributed by atoms with E-state index in [0.717, 1.165) is 83.1 Å². The molecule has 2 N–H and O–H groups in total. The molecule has 3 unspecified atom stereocenters. The summed E-state index contributed by atoms with van der Waals surface area (Å²) in [6, 6.07) is 13.2. The fourth-order valence-electron chi connectivity index (χ4n) is 6.16. The number of aryl methyl sites for hydroxylation is 1. The topological polar surface area (TPSA) is 83.4 Å². The van der Waals surface area contributed by atoms with E-state index < -0.39 is 0 Å². The van der Waals surface area contributed by atoms with Crippen molar-refractivity contribution < 1.29 is 9.84 Å². The number of ether oxygens (including phenoxy) is 1. The van der Waals surface area contributed by atoms with Gasteiger partial charge < -0.3 is 20.1 Å². The predicted octanol–water partition coefficient (Wildman–Crippen LogP) is 6.01. The van der Waals surface area contributed by atoms with Crippen molar-refractivity contribution in [1.29, 1.82) is 0 Å². The van der Waals surface area contributed by atoms with E-state index in [1.54, 1.807) is 6.07 Å². The minimum Gasteiger partial charge on any atom is -0.508 e. The van der Waals surface area contributed by atoms with Crippen LogP contribution in [0.15, 0.2) is 42.6 Å². The average Bonchev–Trinajstić information content (AvgIpc) is 3.27. The Kier molecular flexibility index (Phi) is 6.78. The number of piperazine rings is 1. The van der Waals surface area contributed by atoms with Crippen LogP contribution in [-0.2, 0) is 6.42 Å². The molecule has 2 fully saturated rings. The van der Waals surface area contributed by atoms with Gasteiger partial charge in [-0.2, -0.15) is 9.97 Å². The van der Waals surface area contributed by atoms with Crippen LogP contribution in [-0.4, -0.2) is 51.3 Å². The first kappa shape index (κ1) is 24.9. The van der Waals surface area contributed by atoms with E-state index in [9.17, 15) is 5.11 Å². The molecule has 0 aliphatic carbocycles. The van der Waals surface area contributed by atoms with Crippen molar-refractivity contribution >= 4 is 27.5 Å². The highest BCUT2D eigenvalue weighted by Gasteiger charge is 2.34. The molecule has 2 bridgehead atoms. The fourth-order valence-corrected chi connectivity index (χ4v) is 6.16. The van der Waals surface area contributed by atoms with Gasteiger partial charge >= 0.3 is 6.01 Å². The maximum atomic E-state index is 10.5. The summed E-state index contributed by atoms with van der Waals surface area (Å²) in [4.78, 5) is 17.4. The molecule has 0 spiro atoms. The van der Waals surface area contributed by atoms with Gasteiger partial charge in [-0.3, -0.25) is 4.98 Å². The van der Waals surface area contributed by atoms with Gasteiger partial charge in [-0.25, -0.2) is 0 Å². The number of phenolic OH excluding ortho intramolecular Hbond substituents is 1. The molecule has 0 amide bonds. The summed E-state index contributed by atoms with van der Waals surface area (Å²) in [6.07, 6.45) is 8.34. The molecule has 7 nitrogen and oxygen atoms in total. The molecule has 0 radical (unpaired) electrons. The van der Waals surface area contributed by atoms with Gasteiger partial charge in [0.15, 0.2) is 0 Å². The van der Waals surface area contributed by atoms with Crippen molar-refractivity contribution in [3.8, 4) is 23.0 Å². The van der Waals surface area contributed by atoms with E-state index in [1.807, 2.05) is 30.5 Å². The van der Waals surface area contributed by atoms with Gasteiger partial charge in [-0.1, -0.05) is 51.0 Å². The zero-order chi connectivity index (χ0) is 26.2. The monoisotopic (exact) mass is 511 g/mol. The van der Waals surface area contributed by atoms with Gasteiger partial charge in [-0.05, 0) is 55.5 Å². The number of fused-ring (bicyclic) bond motifs is 4. The van der Waals surface area contributed by atoms with Gasteiger partial charge in [0.2, 0.25) is 0 Å². The van der Waals surface area contributed by atoms with Crippen LogP contribution in [0.4, 0.5) is 5.82 Å². The number of unbranched alkanes of at least 4 members (excludes halogenated alkanes) is 1. The summed E-state index contributed by atoms with van der Waals surface area (Å²) < 4.78 is 6.33. The summed E-state index contributed by atoms with van der Waals surface area (Å²) in [6.45, 7) is 8.29. The summed E-state index contributed by atoms with van der Waals surface area (Å²) >= 11 is 0. The van der Waals surface area contributed by atoms with Crippen molar-refractivity contribution in [1.82, 2.24) is 20.3 Å². The first-order valence-corrected chi connectivity index (χ1v) is 14.1. The second kappa shape index (κ2) is 10.4. The smallest absolute Gasteiger partial charge is 0.319 e. The predicted molar refractivity (Wildman–Crippen MR) is 153 cm³/mol. The molecule has 0 saturated carbocycles. The van der Waals surface area contributed by atoms with Crippen LogP contribution in [0.2, 0.25) is 0 Å². The van der Waals surface area contributed by atoms with Crippen molar-refractivity contribution in [3.63, 3.8) is 0 Å². The Hall–Kier alpha value is -3.45. The number of aromatic nitrogens is 3. The lowest BCUT2D eigenvalue weighted by atomic mass is 9.96. The van der Waals surface area contributed by atoms with Gasteiger partial charge in [-0.15, -0.1) is 0 Å². The lowest BCUT2D eigenvalue weighted by molar-refractivity contribution is 0.191. The van der Waals surface area contributed by atoms with Crippen LogP contribution in [0.1, 0.15) is 58.4 Å². The third-order valence-corrected chi connectivity index (χ3v) is 8.04. The average molecular weight is 512 g/mol. The van der Waals surface area contributed by atoms with Crippen LogP contribution in [0.5, 0.6) is 11.8 Å². The molecule has 4 aromatic rings. The molecular formula is C31H37N5O2. The Labute approximate surface area is 224 Å². The van der Waals surface area contributed by atoms with Gasteiger partial charge in [0.25, 0.3) is 0 Å². The minimum atomic E-state index is 0.0425. The van der Waals surface area contributed by atoms with Crippen LogP contribution in [0.3, 0.4) is 0 Å². The lowest BCUT2D eigenvalue weighted by Crippen LogP contribution is -2.51. The molecule has 2 saturated heterocycles. The Morgan fingerprint density at radius 1 is 1.08 bits per heavy atom. The fraction of sp³-hybridized carbons (Fsp3) is 0.452. The van der Waals surface area contributed by atoms with Crippen LogP contribution >= 0.6 is 0 Å². The van der Waals surface area contributed by atoms with Gasteiger partial charge in [0, 0.05) is 42.5 Å².